The molecule has 4 aliphatic carbocycles. The zero-order valence-corrected chi connectivity index (χ0v) is 23.5. The Hall–Kier alpha value is -3.10. The van der Waals surface area contributed by atoms with E-state index in [1.807, 2.05) is 61.5 Å². The number of hydrogen-bond donors (Lipinski definition) is 3. The molecule has 1 aliphatic heterocycles. The second-order valence-corrected chi connectivity index (χ2v) is 13.1. The average molecular weight is 556 g/mol. The van der Waals surface area contributed by atoms with Crippen molar-refractivity contribution in [2.45, 2.75) is 63.6 Å². The van der Waals surface area contributed by atoms with Gasteiger partial charge >= 0.3 is 0 Å². The number of nitrogen functional groups attached to an aromatic ring is 1. The van der Waals surface area contributed by atoms with Crippen LogP contribution in [0.5, 0.6) is 0 Å². The van der Waals surface area contributed by atoms with Crippen LogP contribution in [0.4, 0.5) is 5.69 Å². The van der Waals surface area contributed by atoms with Crippen molar-refractivity contribution >= 4 is 17.3 Å². The van der Waals surface area contributed by atoms with Crippen LogP contribution in [0.2, 0.25) is 0 Å². The topological polar surface area (TPSA) is 119 Å². The van der Waals surface area contributed by atoms with Gasteiger partial charge in [0.1, 0.15) is 6.61 Å². The summed E-state index contributed by atoms with van der Waals surface area (Å²) < 4.78 is 13.3. The van der Waals surface area contributed by atoms with Crippen molar-refractivity contribution in [2.24, 2.45) is 28.6 Å². The smallest absolute Gasteiger partial charge is 0.193 e. The van der Waals surface area contributed by atoms with Gasteiger partial charge < -0.3 is 25.4 Å². The van der Waals surface area contributed by atoms with Crippen LogP contribution in [0.25, 0.3) is 11.1 Å². The molecule has 0 radical (unpaired) electrons. The van der Waals surface area contributed by atoms with Gasteiger partial charge in [0.25, 0.3) is 0 Å². The number of benzene rings is 2. The van der Waals surface area contributed by atoms with Crippen LogP contribution in [-0.2, 0) is 19.1 Å². The van der Waals surface area contributed by atoms with E-state index in [-0.39, 0.29) is 23.5 Å². The van der Waals surface area contributed by atoms with Gasteiger partial charge in [-0.1, -0.05) is 55.8 Å². The molecule has 4 N–H and O–H groups in total. The van der Waals surface area contributed by atoms with Gasteiger partial charge in [0.15, 0.2) is 23.5 Å². The predicted octanol–water partition coefficient (Wildman–Crippen LogP) is 4.54. The third-order valence-corrected chi connectivity index (χ3v) is 11.2. The molecule has 0 spiro atoms. The van der Waals surface area contributed by atoms with Gasteiger partial charge in [-0.3, -0.25) is 9.59 Å². The molecule has 3 saturated carbocycles. The second-order valence-electron chi connectivity index (χ2n) is 13.1. The Labute approximate surface area is 240 Å². The number of rotatable bonds is 4. The molecule has 9 atom stereocenters. The minimum absolute atomic E-state index is 0.00148. The molecule has 4 fully saturated rings. The molecule has 7 rings (SSSR count). The maximum absolute atomic E-state index is 13.8. The highest BCUT2D eigenvalue weighted by Gasteiger charge is 2.75. The van der Waals surface area contributed by atoms with Crippen molar-refractivity contribution in [2.75, 3.05) is 12.3 Å². The molecule has 41 heavy (non-hydrogen) atoms. The molecule has 2 aromatic carbocycles. The third-order valence-electron chi connectivity index (χ3n) is 11.2. The second kappa shape index (κ2) is 9.20. The fourth-order valence-corrected chi connectivity index (χ4v) is 9.42. The summed E-state index contributed by atoms with van der Waals surface area (Å²) in [5, 5.41) is 22.0. The lowest BCUT2D eigenvalue weighted by molar-refractivity contribution is -0.201. The van der Waals surface area contributed by atoms with Gasteiger partial charge in [0, 0.05) is 28.0 Å². The van der Waals surface area contributed by atoms with Gasteiger partial charge in [0.05, 0.1) is 12.2 Å². The van der Waals surface area contributed by atoms with Crippen molar-refractivity contribution in [3.05, 3.63) is 77.9 Å². The van der Waals surface area contributed by atoms with Crippen LogP contribution in [0.15, 0.2) is 72.3 Å². The number of ketones is 2. The van der Waals surface area contributed by atoms with E-state index in [1.54, 1.807) is 12.2 Å². The van der Waals surface area contributed by atoms with Crippen molar-refractivity contribution in [3.8, 4) is 11.1 Å². The standard InChI is InChI=1S/C34H37NO6/c1-32-12-11-24(37)15-22(32)9-10-25-26-16-29-34(28(39)18-36,33(26,2)17-27(38)30(25)32)41-31(40-29)21-7-3-5-19(13-21)20-6-4-8-23(35)14-20/h3-8,11-15,25-27,29-31,36,38H,9-10,16-18,35H2,1-2H3/t25-,26?,27-,29+,30?,31+,32-,33-,34+/m0/s1. The number of hydrogen-bond acceptors (Lipinski definition) is 7. The van der Waals surface area contributed by atoms with Crippen molar-refractivity contribution < 1.29 is 29.3 Å². The first kappa shape index (κ1) is 26.8. The van der Waals surface area contributed by atoms with Gasteiger partial charge in [0.2, 0.25) is 0 Å². The maximum Gasteiger partial charge on any atom is 0.193 e. The van der Waals surface area contributed by atoms with Crippen LogP contribution >= 0.6 is 0 Å². The Morgan fingerprint density at radius 2 is 1.88 bits per heavy atom. The highest BCUT2D eigenvalue weighted by Crippen LogP contribution is 2.70. The number of aliphatic hydroxyl groups is 2. The molecule has 2 aromatic rings. The van der Waals surface area contributed by atoms with Gasteiger partial charge in [-0.15, -0.1) is 0 Å². The van der Waals surface area contributed by atoms with Gasteiger partial charge in [-0.25, -0.2) is 0 Å². The molecule has 1 saturated heterocycles. The van der Waals surface area contributed by atoms with E-state index in [4.69, 9.17) is 15.2 Å². The van der Waals surface area contributed by atoms with E-state index in [9.17, 15) is 19.8 Å². The number of anilines is 1. The normalized spacial score (nSPS) is 40.8. The quantitative estimate of drug-likeness (QED) is 0.474. The van der Waals surface area contributed by atoms with E-state index in [1.165, 1.54) is 0 Å². The van der Waals surface area contributed by atoms with Crippen molar-refractivity contribution in [1.29, 1.82) is 0 Å². The molecule has 0 bridgehead atoms. The molecular weight excluding hydrogens is 518 g/mol. The molecule has 0 aromatic heterocycles. The summed E-state index contributed by atoms with van der Waals surface area (Å²) in [5.41, 5.74) is 7.98. The van der Waals surface area contributed by atoms with Crippen LogP contribution < -0.4 is 5.73 Å². The predicted molar refractivity (Wildman–Crippen MR) is 153 cm³/mol. The minimum atomic E-state index is -1.37. The summed E-state index contributed by atoms with van der Waals surface area (Å²) in [6, 6.07) is 15.5. The highest BCUT2D eigenvalue weighted by atomic mass is 16.7. The number of fused-ring (bicyclic) bond motifs is 7. The molecule has 0 amide bonds. The minimum Gasteiger partial charge on any atom is -0.399 e. The summed E-state index contributed by atoms with van der Waals surface area (Å²) in [6.07, 6.45) is 5.88. The third kappa shape index (κ3) is 3.65. The Balaban J connectivity index is 1.24. The van der Waals surface area contributed by atoms with Crippen LogP contribution in [0, 0.1) is 28.6 Å². The van der Waals surface area contributed by atoms with Crippen LogP contribution in [-0.4, -0.2) is 46.2 Å². The fraction of sp³-hybridized carbons (Fsp3) is 0.471. The van der Waals surface area contributed by atoms with Crippen LogP contribution in [0.1, 0.15) is 51.4 Å². The fourth-order valence-electron chi connectivity index (χ4n) is 9.42. The molecule has 7 heteroatoms. The van der Waals surface area contributed by atoms with Crippen LogP contribution in [0.3, 0.4) is 0 Å². The van der Waals surface area contributed by atoms with E-state index in [0.717, 1.165) is 35.1 Å². The van der Waals surface area contributed by atoms with Gasteiger partial charge in [-0.2, -0.15) is 0 Å². The lowest BCUT2D eigenvalue weighted by Crippen LogP contribution is -2.63. The Bertz CT molecular complexity index is 1500. The summed E-state index contributed by atoms with van der Waals surface area (Å²) in [6.45, 7) is 3.52. The van der Waals surface area contributed by atoms with Crippen molar-refractivity contribution in [1.82, 2.24) is 0 Å². The number of nitrogens with two attached hydrogens (primary N) is 1. The number of carbonyl (C=O) groups excluding carboxylic acids is 2. The van der Waals surface area contributed by atoms with Crippen molar-refractivity contribution in [3.63, 3.8) is 0 Å². The number of ether oxygens (including phenoxy) is 2. The molecule has 2 unspecified atom stereocenters. The summed E-state index contributed by atoms with van der Waals surface area (Å²) >= 11 is 0. The summed E-state index contributed by atoms with van der Waals surface area (Å²) in [4.78, 5) is 25.9. The number of Topliss-reactive ketones (excluding diaryl/α,β-unsaturated/α-hetero) is 1. The first-order valence-electron chi connectivity index (χ1n) is 14.7. The largest absolute Gasteiger partial charge is 0.399 e. The SMILES string of the molecule is C[C@]12C=CC(=O)C=C1CC[C@@H]1C2[C@@H](O)C[C@@]2(C)C1C[C@H]1O[C@@H](c3cccc(-c4cccc(N)c4)c3)O[C@]12C(=O)CO. The monoisotopic (exact) mass is 555 g/mol. The highest BCUT2D eigenvalue weighted by molar-refractivity contribution is 6.01. The molecule has 214 valence electrons. The summed E-state index contributed by atoms with van der Waals surface area (Å²) in [7, 11) is 0. The molecule has 1 heterocycles. The van der Waals surface area contributed by atoms with E-state index in [2.05, 4.69) is 6.92 Å². The van der Waals surface area contributed by atoms with E-state index in [0.29, 0.717) is 18.5 Å². The molecule has 7 nitrogen and oxygen atoms in total. The Kier molecular flexibility index (Phi) is 6.01. The number of allylic oxidation sites excluding steroid dienone is 4. The maximum atomic E-state index is 13.8. The Morgan fingerprint density at radius 1 is 1.12 bits per heavy atom. The lowest BCUT2D eigenvalue weighted by atomic mass is 9.46. The van der Waals surface area contributed by atoms with Gasteiger partial charge in [-0.05, 0) is 79.0 Å². The zero-order valence-electron chi connectivity index (χ0n) is 23.5. The average Bonchev–Trinajstić information content (AvgIpc) is 3.46. The molecule has 5 aliphatic rings. The Morgan fingerprint density at radius 3 is 2.63 bits per heavy atom. The first-order valence-corrected chi connectivity index (χ1v) is 14.7. The van der Waals surface area contributed by atoms with E-state index >= 15 is 0 Å². The lowest BCUT2D eigenvalue weighted by Gasteiger charge is -2.59. The first-order chi connectivity index (χ1) is 19.6. The van der Waals surface area contributed by atoms with E-state index < -0.39 is 47.3 Å². The molecular formula is C34H37NO6. The zero-order chi connectivity index (χ0) is 28.7. The number of aliphatic hydroxyl groups excluding tert-OH is 2. The summed E-state index contributed by atoms with van der Waals surface area (Å²) in [5.74, 6) is -0.286. The number of carbonyl (C=O) groups is 2.